The van der Waals surface area contributed by atoms with Crippen molar-refractivity contribution in [1.82, 2.24) is 10.2 Å². The summed E-state index contributed by atoms with van der Waals surface area (Å²) in [5.74, 6) is 3.59. The van der Waals surface area contributed by atoms with Gasteiger partial charge < -0.3 is 4.74 Å². The molecule has 0 aliphatic heterocycles. The maximum Gasteiger partial charge on any atom is 0.0627 e. The minimum Gasteiger partial charge on any atom is -0.381 e. The second-order valence-electron chi connectivity index (χ2n) is 9.76. The van der Waals surface area contributed by atoms with Crippen LogP contribution in [0.1, 0.15) is 63.6 Å². The lowest BCUT2D eigenvalue weighted by atomic mass is 9.45. The molecule has 7 atom stereocenters. The Kier molecular flexibility index (Phi) is 3.27. The van der Waals surface area contributed by atoms with Gasteiger partial charge in [0.25, 0.3) is 0 Å². The molecule has 24 heavy (non-hydrogen) atoms. The lowest BCUT2D eigenvalue weighted by Gasteiger charge is -2.60. The number of fused-ring (bicyclic) bond motifs is 6. The Labute approximate surface area is 145 Å². The molecule has 3 heteroatoms. The van der Waals surface area contributed by atoms with E-state index in [2.05, 4.69) is 30.2 Å². The van der Waals surface area contributed by atoms with Crippen molar-refractivity contribution >= 4 is 0 Å². The van der Waals surface area contributed by atoms with Crippen LogP contribution in [-0.2, 0) is 17.6 Å². The third-order valence-electron chi connectivity index (χ3n) is 9.09. The van der Waals surface area contributed by atoms with Crippen LogP contribution < -0.4 is 0 Å². The van der Waals surface area contributed by atoms with Crippen LogP contribution in [0.25, 0.3) is 0 Å². The Hall–Kier alpha value is -0.830. The summed E-state index contributed by atoms with van der Waals surface area (Å²) in [5, 5.41) is 7.61. The average molecular weight is 329 g/mol. The molecule has 3 fully saturated rings. The van der Waals surface area contributed by atoms with Gasteiger partial charge in [-0.05, 0) is 91.4 Å². The number of nitrogens with one attached hydrogen (secondary N) is 1. The van der Waals surface area contributed by atoms with Gasteiger partial charge in [0.15, 0.2) is 0 Å². The Morgan fingerprint density at radius 3 is 2.75 bits per heavy atom. The van der Waals surface area contributed by atoms with Crippen LogP contribution >= 0.6 is 0 Å². The van der Waals surface area contributed by atoms with Gasteiger partial charge in [-0.1, -0.05) is 13.8 Å². The van der Waals surface area contributed by atoms with E-state index in [0.717, 1.165) is 23.7 Å². The van der Waals surface area contributed by atoms with Crippen LogP contribution in [-0.4, -0.2) is 23.4 Å². The molecule has 3 nitrogen and oxygen atoms in total. The first-order valence-corrected chi connectivity index (χ1v) is 10.1. The first-order chi connectivity index (χ1) is 11.6. The van der Waals surface area contributed by atoms with Crippen LogP contribution in [0.4, 0.5) is 0 Å². The van der Waals surface area contributed by atoms with E-state index >= 15 is 0 Å². The fourth-order valence-electron chi connectivity index (χ4n) is 7.81. The fraction of sp³-hybridized carbons (Fsp3) is 0.857. The molecule has 1 aromatic heterocycles. The predicted molar refractivity (Wildman–Crippen MR) is 94.7 cm³/mol. The lowest BCUT2D eigenvalue weighted by molar-refractivity contribution is -0.116. The Balaban J connectivity index is 1.48. The van der Waals surface area contributed by atoms with E-state index in [-0.39, 0.29) is 0 Å². The number of methoxy groups -OCH3 is 1. The standard InChI is InChI=1S/C21H32N2O/c1-20-9-8-17-15(16(20)6-7-19(20)24-3)5-4-14-10-18-13(12-22-23-18)11-21(14,17)2/h12,14-17,19H,4-11H2,1-3H3,(H,22,23)/t14-,15-,16-,17-,19-,20-,21-/m0/s1. The van der Waals surface area contributed by atoms with E-state index in [0.29, 0.717) is 16.9 Å². The molecule has 1 aromatic rings. The molecule has 0 spiro atoms. The van der Waals surface area contributed by atoms with Crippen LogP contribution in [0.3, 0.4) is 0 Å². The summed E-state index contributed by atoms with van der Waals surface area (Å²) in [7, 11) is 1.93. The summed E-state index contributed by atoms with van der Waals surface area (Å²) in [6.07, 6.45) is 13.4. The fourth-order valence-corrected chi connectivity index (χ4v) is 7.81. The number of hydrogen-bond acceptors (Lipinski definition) is 2. The molecule has 4 aliphatic rings. The second kappa shape index (κ2) is 5.09. The van der Waals surface area contributed by atoms with Gasteiger partial charge in [0.1, 0.15) is 0 Å². The van der Waals surface area contributed by atoms with Crippen molar-refractivity contribution in [1.29, 1.82) is 0 Å². The highest BCUT2D eigenvalue weighted by Crippen LogP contribution is 2.65. The zero-order valence-electron chi connectivity index (χ0n) is 15.5. The van der Waals surface area contributed by atoms with Gasteiger partial charge in [0.05, 0.1) is 12.3 Å². The summed E-state index contributed by atoms with van der Waals surface area (Å²) in [6, 6.07) is 0. The van der Waals surface area contributed by atoms with E-state index in [1.807, 2.05) is 7.11 Å². The van der Waals surface area contributed by atoms with Crippen LogP contribution in [0, 0.1) is 34.5 Å². The molecular formula is C21H32N2O. The summed E-state index contributed by atoms with van der Waals surface area (Å²) >= 11 is 0. The molecule has 0 unspecified atom stereocenters. The molecule has 0 bridgehead atoms. The first kappa shape index (κ1) is 15.4. The quantitative estimate of drug-likeness (QED) is 0.830. The van der Waals surface area contributed by atoms with Crippen LogP contribution in [0.5, 0.6) is 0 Å². The van der Waals surface area contributed by atoms with Gasteiger partial charge in [-0.2, -0.15) is 5.10 Å². The van der Waals surface area contributed by atoms with Crippen molar-refractivity contribution in [2.45, 2.75) is 71.3 Å². The van der Waals surface area contributed by atoms with Crippen molar-refractivity contribution in [3.05, 3.63) is 17.5 Å². The normalized spacial score (nSPS) is 49.9. The SMILES string of the molecule is CO[C@H]1CC[C@H]2[C@@H]3CC[C@H]4Cc5[nH]ncc5C[C@]4(C)[C@H]3CC[C@]12C. The first-order valence-electron chi connectivity index (χ1n) is 10.1. The molecule has 132 valence electrons. The number of hydrogen-bond donors (Lipinski definition) is 1. The number of nitrogens with zero attached hydrogens (tertiary/aromatic N) is 1. The molecule has 0 radical (unpaired) electrons. The summed E-state index contributed by atoms with van der Waals surface area (Å²) in [5.41, 5.74) is 3.86. The maximum absolute atomic E-state index is 5.92. The van der Waals surface area contributed by atoms with Crippen molar-refractivity contribution in [2.75, 3.05) is 7.11 Å². The second-order valence-corrected chi connectivity index (χ2v) is 9.76. The number of rotatable bonds is 1. The lowest BCUT2D eigenvalue weighted by Crippen LogP contribution is -2.54. The molecule has 1 N–H and O–H groups in total. The minimum atomic E-state index is 0.439. The minimum absolute atomic E-state index is 0.439. The summed E-state index contributed by atoms with van der Waals surface area (Å²) < 4.78 is 5.92. The molecule has 3 saturated carbocycles. The summed E-state index contributed by atoms with van der Waals surface area (Å²) in [4.78, 5) is 0. The molecular weight excluding hydrogens is 296 g/mol. The predicted octanol–water partition coefficient (Wildman–Crippen LogP) is 4.38. The average Bonchev–Trinajstić information content (AvgIpc) is 3.14. The van der Waals surface area contributed by atoms with Crippen LogP contribution in [0.15, 0.2) is 6.20 Å². The molecule has 1 heterocycles. The molecule has 0 saturated heterocycles. The van der Waals surface area contributed by atoms with Gasteiger partial charge in [0, 0.05) is 12.8 Å². The van der Waals surface area contributed by atoms with Crippen molar-refractivity contribution in [3.8, 4) is 0 Å². The van der Waals surface area contributed by atoms with Crippen molar-refractivity contribution < 1.29 is 4.74 Å². The smallest absolute Gasteiger partial charge is 0.0627 e. The number of ether oxygens (including phenoxy) is 1. The number of aromatic nitrogens is 2. The molecule has 5 rings (SSSR count). The third-order valence-corrected chi connectivity index (χ3v) is 9.09. The zero-order valence-corrected chi connectivity index (χ0v) is 15.5. The highest BCUT2D eigenvalue weighted by Gasteiger charge is 2.60. The van der Waals surface area contributed by atoms with Crippen molar-refractivity contribution in [2.24, 2.45) is 34.5 Å². The van der Waals surface area contributed by atoms with Crippen molar-refractivity contribution in [3.63, 3.8) is 0 Å². The zero-order chi connectivity index (χ0) is 16.5. The van der Waals surface area contributed by atoms with Gasteiger partial charge in [-0.25, -0.2) is 0 Å². The van der Waals surface area contributed by atoms with Gasteiger partial charge in [-0.3, -0.25) is 5.10 Å². The summed E-state index contributed by atoms with van der Waals surface area (Å²) in [6.45, 7) is 5.16. The van der Waals surface area contributed by atoms with Crippen LogP contribution in [0.2, 0.25) is 0 Å². The largest absolute Gasteiger partial charge is 0.381 e. The van der Waals surface area contributed by atoms with Gasteiger partial charge in [-0.15, -0.1) is 0 Å². The number of aromatic amines is 1. The third kappa shape index (κ3) is 1.85. The van der Waals surface area contributed by atoms with E-state index in [1.54, 1.807) is 0 Å². The highest BCUT2D eigenvalue weighted by atomic mass is 16.5. The van der Waals surface area contributed by atoms with E-state index in [1.165, 1.54) is 62.6 Å². The Bertz CT molecular complexity index is 640. The monoisotopic (exact) mass is 328 g/mol. The Morgan fingerprint density at radius 2 is 1.92 bits per heavy atom. The van der Waals surface area contributed by atoms with Gasteiger partial charge in [0.2, 0.25) is 0 Å². The topological polar surface area (TPSA) is 37.9 Å². The molecule has 0 aromatic carbocycles. The van der Waals surface area contributed by atoms with E-state index < -0.39 is 0 Å². The maximum atomic E-state index is 5.92. The van der Waals surface area contributed by atoms with Gasteiger partial charge >= 0.3 is 0 Å². The Morgan fingerprint density at radius 1 is 1.08 bits per heavy atom. The van der Waals surface area contributed by atoms with E-state index in [9.17, 15) is 0 Å². The molecule has 0 amide bonds. The molecule has 4 aliphatic carbocycles. The number of H-pyrrole nitrogens is 1. The van der Waals surface area contributed by atoms with E-state index in [4.69, 9.17) is 4.74 Å². The highest BCUT2D eigenvalue weighted by molar-refractivity contribution is 5.25.